The molecule has 1 amide bonds. The lowest BCUT2D eigenvalue weighted by Crippen LogP contribution is -2.28. The van der Waals surface area contributed by atoms with E-state index in [0.717, 1.165) is 36.0 Å². The first kappa shape index (κ1) is 13.1. The normalized spacial score (nSPS) is 18.0. The topological polar surface area (TPSA) is 49.0 Å². The van der Waals surface area contributed by atoms with Gasteiger partial charge in [0.05, 0.1) is 17.3 Å². The molecular weight excluding hydrogens is 274 g/mol. The number of H-pyrrole nitrogens is 1. The van der Waals surface area contributed by atoms with E-state index in [2.05, 4.69) is 34.5 Å². The fourth-order valence-electron chi connectivity index (χ4n) is 3.27. The van der Waals surface area contributed by atoms with Gasteiger partial charge >= 0.3 is 0 Å². The Morgan fingerprint density at radius 1 is 1.14 bits per heavy atom. The maximum absolute atomic E-state index is 12.8. The molecule has 22 heavy (non-hydrogen) atoms. The van der Waals surface area contributed by atoms with Gasteiger partial charge in [-0.1, -0.05) is 36.4 Å². The van der Waals surface area contributed by atoms with Crippen molar-refractivity contribution < 1.29 is 4.79 Å². The second-order valence-corrected chi connectivity index (χ2v) is 5.78. The quantitative estimate of drug-likeness (QED) is 0.788. The largest absolute Gasteiger partial charge is 0.338 e. The summed E-state index contributed by atoms with van der Waals surface area (Å²) in [7, 11) is 0. The Morgan fingerprint density at radius 2 is 2.00 bits per heavy atom. The summed E-state index contributed by atoms with van der Waals surface area (Å²) in [5, 5.41) is 7.86. The standard InChI is InChI=1S/C18H17N3O/c22-18(15-7-4-8-17-16(15)11-19-20-17)21-10-9-14(12-21)13-5-2-1-3-6-13/h1-8,11,14H,9-10,12H2,(H,19,20). The van der Waals surface area contributed by atoms with Crippen LogP contribution < -0.4 is 0 Å². The van der Waals surface area contributed by atoms with Gasteiger partial charge in [0.15, 0.2) is 0 Å². The summed E-state index contributed by atoms with van der Waals surface area (Å²) in [5.74, 6) is 0.541. The van der Waals surface area contributed by atoms with Crippen LogP contribution in [-0.4, -0.2) is 34.1 Å². The van der Waals surface area contributed by atoms with Crippen LogP contribution in [0, 0.1) is 0 Å². The number of hydrogen-bond acceptors (Lipinski definition) is 2. The summed E-state index contributed by atoms with van der Waals surface area (Å²) in [6.07, 6.45) is 2.75. The number of carbonyl (C=O) groups is 1. The number of aromatic nitrogens is 2. The van der Waals surface area contributed by atoms with E-state index < -0.39 is 0 Å². The van der Waals surface area contributed by atoms with Gasteiger partial charge in [-0.15, -0.1) is 0 Å². The van der Waals surface area contributed by atoms with Gasteiger partial charge in [0.2, 0.25) is 0 Å². The van der Waals surface area contributed by atoms with Gasteiger partial charge in [0.25, 0.3) is 5.91 Å². The lowest BCUT2D eigenvalue weighted by atomic mass is 9.99. The molecule has 1 atom stereocenters. The minimum absolute atomic E-state index is 0.102. The van der Waals surface area contributed by atoms with Gasteiger partial charge in [-0.05, 0) is 24.1 Å². The smallest absolute Gasteiger partial charge is 0.254 e. The van der Waals surface area contributed by atoms with E-state index >= 15 is 0 Å². The molecule has 0 radical (unpaired) electrons. The molecular formula is C18H17N3O. The molecule has 1 fully saturated rings. The highest BCUT2D eigenvalue weighted by molar-refractivity contribution is 6.06. The number of amides is 1. The van der Waals surface area contributed by atoms with Crippen molar-refractivity contribution in [2.45, 2.75) is 12.3 Å². The summed E-state index contributed by atoms with van der Waals surface area (Å²) in [6.45, 7) is 1.60. The van der Waals surface area contributed by atoms with Crippen molar-refractivity contribution in [1.82, 2.24) is 15.1 Å². The average molecular weight is 291 g/mol. The Hall–Kier alpha value is -2.62. The number of nitrogens with one attached hydrogen (secondary N) is 1. The van der Waals surface area contributed by atoms with E-state index in [0.29, 0.717) is 5.92 Å². The van der Waals surface area contributed by atoms with Crippen molar-refractivity contribution in [2.75, 3.05) is 13.1 Å². The van der Waals surface area contributed by atoms with Gasteiger partial charge in [-0.25, -0.2) is 0 Å². The molecule has 1 aromatic heterocycles. The van der Waals surface area contributed by atoms with Crippen LogP contribution in [0.5, 0.6) is 0 Å². The molecule has 1 N–H and O–H groups in total. The van der Waals surface area contributed by atoms with Gasteiger partial charge in [-0.3, -0.25) is 9.89 Å². The summed E-state index contributed by atoms with van der Waals surface area (Å²) in [5.41, 5.74) is 2.96. The van der Waals surface area contributed by atoms with Crippen LogP contribution in [0.15, 0.2) is 54.7 Å². The summed E-state index contributed by atoms with van der Waals surface area (Å²) in [6, 6.07) is 16.2. The highest BCUT2D eigenvalue weighted by Crippen LogP contribution is 2.29. The van der Waals surface area contributed by atoms with E-state index in [1.54, 1.807) is 6.20 Å². The number of aromatic amines is 1. The lowest BCUT2D eigenvalue weighted by Gasteiger charge is -2.17. The molecule has 2 aromatic carbocycles. The summed E-state index contributed by atoms with van der Waals surface area (Å²) in [4.78, 5) is 14.8. The van der Waals surface area contributed by atoms with Gasteiger partial charge in [-0.2, -0.15) is 5.10 Å². The molecule has 0 spiro atoms. The second-order valence-electron chi connectivity index (χ2n) is 5.78. The van der Waals surface area contributed by atoms with Crippen LogP contribution in [0.3, 0.4) is 0 Å². The number of carbonyl (C=O) groups excluding carboxylic acids is 1. The molecule has 0 aliphatic carbocycles. The number of nitrogens with zero attached hydrogens (tertiary/aromatic N) is 2. The fraction of sp³-hybridized carbons (Fsp3) is 0.222. The molecule has 110 valence electrons. The third-order valence-electron chi connectivity index (χ3n) is 4.46. The highest BCUT2D eigenvalue weighted by atomic mass is 16.2. The molecule has 0 saturated carbocycles. The molecule has 1 unspecified atom stereocenters. The SMILES string of the molecule is O=C(c1cccc2[nH]ncc12)N1CCC(c2ccccc2)C1. The Balaban J connectivity index is 1.58. The zero-order valence-corrected chi connectivity index (χ0v) is 12.2. The van der Waals surface area contributed by atoms with Crippen molar-refractivity contribution in [2.24, 2.45) is 0 Å². The molecule has 4 rings (SSSR count). The van der Waals surface area contributed by atoms with E-state index in [1.165, 1.54) is 5.56 Å². The Kier molecular flexibility index (Phi) is 3.15. The van der Waals surface area contributed by atoms with Crippen LogP contribution in [0.1, 0.15) is 28.3 Å². The molecule has 3 aromatic rings. The van der Waals surface area contributed by atoms with Crippen molar-refractivity contribution in [3.63, 3.8) is 0 Å². The average Bonchev–Trinajstić information content (AvgIpc) is 3.24. The zero-order chi connectivity index (χ0) is 14.9. The first-order chi connectivity index (χ1) is 10.8. The van der Waals surface area contributed by atoms with E-state index in [1.807, 2.05) is 29.2 Å². The van der Waals surface area contributed by atoms with Crippen LogP contribution in [0.4, 0.5) is 0 Å². The van der Waals surface area contributed by atoms with E-state index in [4.69, 9.17) is 0 Å². The lowest BCUT2D eigenvalue weighted by molar-refractivity contribution is 0.0792. The van der Waals surface area contributed by atoms with Crippen molar-refractivity contribution in [1.29, 1.82) is 0 Å². The third kappa shape index (κ3) is 2.17. The van der Waals surface area contributed by atoms with Crippen LogP contribution >= 0.6 is 0 Å². The van der Waals surface area contributed by atoms with E-state index in [9.17, 15) is 4.79 Å². The Bertz CT molecular complexity index is 809. The Morgan fingerprint density at radius 3 is 2.86 bits per heavy atom. The maximum Gasteiger partial charge on any atom is 0.254 e. The number of likely N-dealkylation sites (tertiary alicyclic amines) is 1. The fourth-order valence-corrected chi connectivity index (χ4v) is 3.27. The predicted octanol–water partition coefficient (Wildman–Crippen LogP) is 3.19. The molecule has 4 heteroatoms. The summed E-state index contributed by atoms with van der Waals surface area (Å²) < 4.78 is 0. The first-order valence-corrected chi connectivity index (χ1v) is 7.59. The van der Waals surface area contributed by atoms with Crippen LogP contribution in [-0.2, 0) is 0 Å². The maximum atomic E-state index is 12.8. The van der Waals surface area contributed by atoms with Crippen molar-refractivity contribution in [3.8, 4) is 0 Å². The second kappa shape index (κ2) is 5.30. The summed E-state index contributed by atoms with van der Waals surface area (Å²) >= 11 is 0. The molecule has 2 heterocycles. The van der Waals surface area contributed by atoms with Crippen molar-refractivity contribution in [3.05, 3.63) is 65.9 Å². The minimum atomic E-state index is 0.102. The predicted molar refractivity (Wildman–Crippen MR) is 85.8 cm³/mol. The molecule has 4 nitrogen and oxygen atoms in total. The Labute approximate surface area is 128 Å². The van der Waals surface area contributed by atoms with Gasteiger partial charge in [0.1, 0.15) is 0 Å². The molecule has 0 bridgehead atoms. The zero-order valence-electron chi connectivity index (χ0n) is 12.2. The molecule has 1 saturated heterocycles. The number of hydrogen-bond donors (Lipinski definition) is 1. The third-order valence-corrected chi connectivity index (χ3v) is 4.46. The monoisotopic (exact) mass is 291 g/mol. The molecule has 1 aliphatic heterocycles. The number of benzene rings is 2. The van der Waals surface area contributed by atoms with Gasteiger partial charge < -0.3 is 4.90 Å². The van der Waals surface area contributed by atoms with Crippen molar-refractivity contribution >= 4 is 16.8 Å². The first-order valence-electron chi connectivity index (χ1n) is 7.59. The number of rotatable bonds is 2. The molecule has 1 aliphatic rings. The van der Waals surface area contributed by atoms with Crippen LogP contribution in [0.25, 0.3) is 10.9 Å². The van der Waals surface area contributed by atoms with E-state index in [-0.39, 0.29) is 5.91 Å². The minimum Gasteiger partial charge on any atom is -0.338 e. The number of fused-ring (bicyclic) bond motifs is 1. The van der Waals surface area contributed by atoms with Crippen LogP contribution in [0.2, 0.25) is 0 Å². The van der Waals surface area contributed by atoms with Gasteiger partial charge in [0, 0.05) is 24.4 Å². The highest BCUT2D eigenvalue weighted by Gasteiger charge is 2.28.